The molecule has 0 aromatic heterocycles. The fraction of sp³-hybridized carbons (Fsp3) is 0.846. The predicted molar refractivity (Wildman–Crippen MR) is 73.6 cm³/mol. The quantitative estimate of drug-likeness (QED) is 0.762. The normalized spacial score (nSPS) is 25.6. The molecule has 0 radical (unpaired) electrons. The fourth-order valence-corrected chi connectivity index (χ4v) is 3.24. The van der Waals surface area contributed by atoms with Crippen molar-refractivity contribution in [2.24, 2.45) is 5.92 Å². The molecule has 0 aliphatic carbocycles. The zero-order valence-electron chi connectivity index (χ0n) is 11.0. The van der Waals surface area contributed by atoms with Gasteiger partial charge in [0.2, 0.25) is 11.8 Å². The van der Waals surface area contributed by atoms with Crippen LogP contribution in [0.15, 0.2) is 0 Å². The lowest BCUT2D eigenvalue weighted by molar-refractivity contribution is -0.153. The van der Waals surface area contributed by atoms with Gasteiger partial charge in [-0.15, -0.1) is 0 Å². The maximum absolute atomic E-state index is 12.2. The molecule has 5 heteroatoms. The molecule has 2 heterocycles. The number of rotatable bonds is 5. The number of piperazine rings is 1. The van der Waals surface area contributed by atoms with Gasteiger partial charge < -0.3 is 9.80 Å². The van der Waals surface area contributed by atoms with Gasteiger partial charge in [0.15, 0.2) is 0 Å². The minimum atomic E-state index is -0.161. The first-order valence-electron chi connectivity index (χ1n) is 6.82. The van der Waals surface area contributed by atoms with Crippen molar-refractivity contribution in [1.29, 1.82) is 0 Å². The average molecular weight is 270 g/mol. The highest BCUT2D eigenvalue weighted by Gasteiger charge is 2.41. The second-order valence-electron chi connectivity index (χ2n) is 5.41. The number of hydrogen-bond donors (Lipinski definition) is 1. The van der Waals surface area contributed by atoms with E-state index in [2.05, 4.69) is 19.6 Å². The van der Waals surface area contributed by atoms with Crippen molar-refractivity contribution >= 4 is 24.4 Å². The van der Waals surface area contributed by atoms with Gasteiger partial charge in [-0.05, 0) is 37.4 Å². The average Bonchev–Trinajstić information content (AvgIpc) is 2.82. The van der Waals surface area contributed by atoms with Gasteiger partial charge in [0.1, 0.15) is 6.04 Å². The molecule has 2 saturated heterocycles. The van der Waals surface area contributed by atoms with Gasteiger partial charge in [-0.2, -0.15) is 12.6 Å². The van der Waals surface area contributed by atoms with E-state index in [-0.39, 0.29) is 24.4 Å². The molecular weight excluding hydrogens is 248 g/mol. The van der Waals surface area contributed by atoms with Crippen molar-refractivity contribution in [3.05, 3.63) is 0 Å². The summed E-state index contributed by atoms with van der Waals surface area (Å²) < 4.78 is 0. The number of thiol groups is 1. The van der Waals surface area contributed by atoms with Crippen LogP contribution in [0.1, 0.15) is 32.6 Å². The summed E-state index contributed by atoms with van der Waals surface area (Å²) in [5, 5.41) is 0. The third-order valence-electron chi connectivity index (χ3n) is 4.01. The van der Waals surface area contributed by atoms with E-state index in [1.165, 1.54) is 0 Å². The summed E-state index contributed by atoms with van der Waals surface area (Å²) in [6.45, 7) is 3.93. The van der Waals surface area contributed by atoms with Crippen LogP contribution in [0, 0.1) is 5.92 Å². The Morgan fingerprint density at radius 3 is 2.89 bits per heavy atom. The monoisotopic (exact) mass is 270 g/mol. The van der Waals surface area contributed by atoms with Crippen LogP contribution in [-0.2, 0) is 9.59 Å². The maximum atomic E-state index is 12.2. The van der Waals surface area contributed by atoms with Gasteiger partial charge in [-0.25, -0.2) is 0 Å². The van der Waals surface area contributed by atoms with Crippen LogP contribution >= 0.6 is 12.6 Å². The van der Waals surface area contributed by atoms with Crippen molar-refractivity contribution in [3.63, 3.8) is 0 Å². The summed E-state index contributed by atoms with van der Waals surface area (Å²) in [4.78, 5) is 27.7. The molecule has 2 fully saturated rings. The van der Waals surface area contributed by atoms with E-state index < -0.39 is 0 Å². The molecule has 18 heavy (non-hydrogen) atoms. The molecule has 2 unspecified atom stereocenters. The van der Waals surface area contributed by atoms with Crippen molar-refractivity contribution in [3.8, 4) is 0 Å². The van der Waals surface area contributed by atoms with E-state index in [9.17, 15) is 9.59 Å². The summed E-state index contributed by atoms with van der Waals surface area (Å²) in [6, 6.07) is -0.161. The van der Waals surface area contributed by atoms with Crippen LogP contribution in [-0.4, -0.2) is 53.0 Å². The smallest absolute Gasteiger partial charge is 0.245 e. The molecule has 102 valence electrons. The topological polar surface area (TPSA) is 40.6 Å². The standard InChI is InChI=1S/C13H22N2O2S/c1-10(5-8-18)4-7-14-9-12(16)15-6-2-3-11(15)13(14)17/h10-11,18H,2-9H2,1H3. The maximum Gasteiger partial charge on any atom is 0.245 e. The van der Waals surface area contributed by atoms with E-state index in [0.717, 1.165) is 38.0 Å². The number of carbonyl (C=O) groups is 2. The van der Waals surface area contributed by atoms with E-state index in [4.69, 9.17) is 0 Å². The molecule has 0 N–H and O–H groups in total. The Morgan fingerprint density at radius 2 is 2.17 bits per heavy atom. The van der Waals surface area contributed by atoms with E-state index >= 15 is 0 Å². The minimum Gasteiger partial charge on any atom is -0.332 e. The molecular formula is C13H22N2O2S. The van der Waals surface area contributed by atoms with Crippen molar-refractivity contribution in [2.45, 2.75) is 38.6 Å². The van der Waals surface area contributed by atoms with Gasteiger partial charge >= 0.3 is 0 Å². The first-order valence-corrected chi connectivity index (χ1v) is 7.46. The van der Waals surface area contributed by atoms with Gasteiger partial charge in [0.05, 0.1) is 6.54 Å². The lowest BCUT2D eigenvalue weighted by atomic mass is 10.0. The van der Waals surface area contributed by atoms with Crippen LogP contribution in [0.25, 0.3) is 0 Å². The zero-order valence-corrected chi connectivity index (χ0v) is 11.9. The van der Waals surface area contributed by atoms with E-state index in [1.807, 2.05) is 0 Å². The Bertz CT molecular complexity index is 335. The van der Waals surface area contributed by atoms with Gasteiger partial charge in [0.25, 0.3) is 0 Å². The number of fused-ring (bicyclic) bond motifs is 1. The Kier molecular flexibility index (Phi) is 4.54. The first kappa shape index (κ1) is 13.7. The third kappa shape index (κ3) is 2.82. The van der Waals surface area contributed by atoms with E-state index in [1.54, 1.807) is 9.80 Å². The Morgan fingerprint density at radius 1 is 1.39 bits per heavy atom. The number of hydrogen-bond acceptors (Lipinski definition) is 3. The molecule has 0 saturated carbocycles. The summed E-state index contributed by atoms with van der Waals surface area (Å²) in [7, 11) is 0. The highest BCUT2D eigenvalue weighted by Crippen LogP contribution is 2.24. The Hall–Kier alpha value is -0.710. The molecule has 2 atom stereocenters. The Balaban J connectivity index is 1.89. The van der Waals surface area contributed by atoms with Crippen molar-refractivity contribution in [1.82, 2.24) is 9.80 Å². The molecule has 0 aromatic rings. The molecule has 4 nitrogen and oxygen atoms in total. The second kappa shape index (κ2) is 5.95. The Labute approximate surface area is 114 Å². The lowest BCUT2D eigenvalue weighted by Gasteiger charge is -2.36. The highest BCUT2D eigenvalue weighted by molar-refractivity contribution is 7.80. The molecule has 2 rings (SSSR count). The molecule has 0 spiro atoms. The van der Waals surface area contributed by atoms with Crippen molar-refractivity contribution in [2.75, 3.05) is 25.4 Å². The highest BCUT2D eigenvalue weighted by atomic mass is 32.1. The third-order valence-corrected chi connectivity index (χ3v) is 4.27. The van der Waals surface area contributed by atoms with Crippen LogP contribution in [0.5, 0.6) is 0 Å². The summed E-state index contributed by atoms with van der Waals surface area (Å²) in [6.07, 6.45) is 3.83. The fourth-order valence-electron chi connectivity index (χ4n) is 2.79. The predicted octanol–water partition coefficient (Wildman–Crippen LogP) is 1.17. The molecule has 2 aliphatic heterocycles. The zero-order chi connectivity index (χ0) is 13.1. The molecule has 0 bridgehead atoms. The largest absolute Gasteiger partial charge is 0.332 e. The SMILES string of the molecule is CC(CCS)CCN1CC(=O)N2CCCC2C1=O. The number of amides is 2. The molecule has 2 amide bonds. The van der Waals surface area contributed by atoms with Gasteiger partial charge in [-0.3, -0.25) is 9.59 Å². The van der Waals surface area contributed by atoms with Crippen LogP contribution < -0.4 is 0 Å². The number of nitrogens with zero attached hydrogens (tertiary/aromatic N) is 2. The minimum absolute atomic E-state index is 0.124. The van der Waals surface area contributed by atoms with Crippen LogP contribution in [0.4, 0.5) is 0 Å². The number of carbonyl (C=O) groups excluding carboxylic acids is 2. The van der Waals surface area contributed by atoms with Gasteiger partial charge in [0, 0.05) is 13.1 Å². The van der Waals surface area contributed by atoms with Crippen LogP contribution in [0.3, 0.4) is 0 Å². The first-order chi connectivity index (χ1) is 8.63. The van der Waals surface area contributed by atoms with E-state index in [0.29, 0.717) is 12.5 Å². The summed E-state index contributed by atoms with van der Waals surface area (Å²) in [5.41, 5.74) is 0. The summed E-state index contributed by atoms with van der Waals surface area (Å²) >= 11 is 4.22. The lowest BCUT2D eigenvalue weighted by Crippen LogP contribution is -2.57. The second-order valence-corrected chi connectivity index (χ2v) is 5.86. The summed E-state index contributed by atoms with van der Waals surface area (Å²) in [5.74, 6) is 1.72. The van der Waals surface area contributed by atoms with Crippen LogP contribution in [0.2, 0.25) is 0 Å². The molecule has 2 aliphatic rings. The molecule has 0 aromatic carbocycles. The van der Waals surface area contributed by atoms with Gasteiger partial charge in [-0.1, -0.05) is 6.92 Å². The van der Waals surface area contributed by atoms with Crippen molar-refractivity contribution < 1.29 is 9.59 Å².